The Morgan fingerprint density at radius 1 is 0.944 bits per heavy atom. The van der Waals surface area contributed by atoms with Crippen LogP contribution in [0.25, 0.3) is 0 Å². The molecule has 0 saturated carbocycles. The van der Waals surface area contributed by atoms with Crippen molar-refractivity contribution in [3.8, 4) is 17.2 Å². The smallest absolute Gasteiger partial charge is 0.200 e. The van der Waals surface area contributed by atoms with Gasteiger partial charge in [0.05, 0.1) is 0 Å². The van der Waals surface area contributed by atoms with Crippen molar-refractivity contribution in [1.82, 2.24) is 0 Å². The molecule has 0 fully saturated rings. The van der Waals surface area contributed by atoms with Crippen molar-refractivity contribution in [2.45, 2.75) is 6.42 Å². The molecule has 0 aromatic heterocycles. The lowest BCUT2D eigenvalue weighted by atomic mass is 10.0. The molecular weight excluding hydrogens is 232 g/mol. The molecule has 2 rings (SSSR count). The highest BCUT2D eigenvalue weighted by Crippen LogP contribution is 2.35. The van der Waals surface area contributed by atoms with Crippen LogP contribution in [0.1, 0.15) is 15.9 Å². The summed E-state index contributed by atoms with van der Waals surface area (Å²) >= 11 is 0. The number of aromatic hydroxyl groups is 3. The summed E-state index contributed by atoms with van der Waals surface area (Å²) in [6.45, 7) is 0. The average molecular weight is 244 g/mol. The van der Waals surface area contributed by atoms with Crippen molar-refractivity contribution in [2.75, 3.05) is 0 Å². The minimum Gasteiger partial charge on any atom is -0.504 e. The Morgan fingerprint density at radius 2 is 1.50 bits per heavy atom. The van der Waals surface area contributed by atoms with Crippen LogP contribution in [0.15, 0.2) is 42.5 Å². The third-order valence-corrected chi connectivity index (χ3v) is 2.60. The number of hydrogen-bond acceptors (Lipinski definition) is 4. The van der Waals surface area contributed by atoms with Crippen molar-refractivity contribution >= 4 is 5.78 Å². The van der Waals surface area contributed by atoms with Gasteiger partial charge in [0.1, 0.15) is 0 Å². The van der Waals surface area contributed by atoms with Crippen LogP contribution in [0.4, 0.5) is 0 Å². The number of phenols is 3. The van der Waals surface area contributed by atoms with Gasteiger partial charge in [-0.15, -0.1) is 0 Å². The highest BCUT2D eigenvalue weighted by molar-refractivity contribution is 5.98. The fraction of sp³-hybridized carbons (Fsp3) is 0.0714. The zero-order valence-corrected chi connectivity index (χ0v) is 9.50. The molecular formula is C14H12O4. The Hall–Kier alpha value is -2.49. The molecule has 4 heteroatoms. The van der Waals surface area contributed by atoms with Crippen molar-refractivity contribution < 1.29 is 20.1 Å². The number of benzene rings is 2. The minimum absolute atomic E-state index is 0.159. The molecule has 0 bridgehead atoms. The van der Waals surface area contributed by atoms with Crippen LogP contribution in [0, 0.1) is 0 Å². The molecule has 18 heavy (non-hydrogen) atoms. The summed E-state index contributed by atoms with van der Waals surface area (Å²) in [5.74, 6) is -1.88. The van der Waals surface area contributed by atoms with Gasteiger partial charge in [0, 0.05) is 12.0 Å². The Labute approximate surface area is 104 Å². The average Bonchev–Trinajstić information content (AvgIpc) is 2.36. The van der Waals surface area contributed by atoms with E-state index in [-0.39, 0.29) is 17.8 Å². The van der Waals surface area contributed by atoms with Gasteiger partial charge in [-0.2, -0.15) is 0 Å². The van der Waals surface area contributed by atoms with Gasteiger partial charge in [-0.1, -0.05) is 30.3 Å². The molecule has 0 radical (unpaired) electrons. The molecule has 0 aliphatic heterocycles. The summed E-state index contributed by atoms with van der Waals surface area (Å²) in [6, 6.07) is 11.4. The number of carbonyl (C=O) groups is 1. The molecule has 2 aromatic carbocycles. The molecule has 0 saturated heterocycles. The lowest BCUT2D eigenvalue weighted by Crippen LogP contribution is -2.03. The van der Waals surface area contributed by atoms with Gasteiger partial charge in [-0.05, 0) is 17.7 Å². The van der Waals surface area contributed by atoms with Gasteiger partial charge in [-0.25, -0.2) is 0 Å². The van der Waals surface area contributed by atoms with Crippen LogP contribution in [0.2, 0.25) is 0 Å². The summed E-state index contributed by atoms with van der Waals surface area (Å²) < 4.78 is 0. The Morgan fingerprint density at radius 3 is 2.06 bits per heavy atom. The maximum atomic E-state index is 11.9. The van der Waals surface area contributed by atoms with Crippen molar-refractivity contribution in [2.24, 2.45) is 0 Å². The molecule has 0 heterocycles. The predicted octanol–water partition coefficient (Wildman–Crippen LogP) is 2.23. The van der Waals surface area contributed by atoms with E-state index in [0.29, 0.717) is 0 Å². The van der Waals surface area contributed by atoms with Crippen LogP contribution in [-0.2, 0) is 6.42 Å². The molecule has 0 aliphatic carbocycles. The number of ketones is 1. The second-order valence-electron chi connectivity index (χ2n) is 3.95. The summed E-state index contributed by atoms with van der Waals surface area (Å²) in [5, 5.41) is 27.9. The number of phenolic OH excluding ortho intramolecular Hbond substituents is 3. The van der Waals surface area contributed by atoms with E-state index in [0.717, 1.165) is 17.7 Å². The monoisotopic (exact) mass is 244 g/mol. The van der Waals surface area contributed by atoms with Crippen LogP contribution >= 0.6 is 0 Å². The fourth-order valence-corrected chi connectivity index (χ4v) is 1.65. The largest absolute Gasteiger partial charge is 0.504 e. The van der Waals surface area contributed by atoms with E-state index in [4.69, 9.17) is 0 Å². The zero-order chi connectivity index (χ0) is 13.1. The first-order chi connectivity index (χ1) is 8.58. The number of rotatable bonds is 3. The molecule has 0 aliphatic rings. The summed E-state index contributed by atoms with van der Waals surface area (Å²) in [6.07, 6.45) is 0.171. The first-order valence-electron chi connectivity index (χ1n) is 5.40. The van der Waals surface area contributed by atoms with Gasteiger partial charge in [0.2, 0.25) is 0 Å². The topological polar surface area (TPSA) is 77.8 Å². The van der Waals surface area contributed by atoms with E-state index in [2.05, 4.69) is 0 Å². The second-order valence-corrected chi connectivity index (χ2v) is 3.95. The fourth-order valence-electron chi connectivity index (χ4n) is 1.65. The number of hydrogen-bond donors (Lipinski definition) is 3. The SMILES string of the molecule is O=C(Cc1ccccc1)c1cc(O)c(O)c(O)c1. The van der Waals surface area contributed by atoms with Gasteiger partial charge in [0.15, 0.2) is 23.0 Å². The van der Waals surface area contributed by atoms with E-state index >= 15 is 0 Å². The molecule has 4 nitrogen and oxygen atoms in total. The number of carbonyl (C=O) groups excluding carboxylic acids is 1. The van der Waals surface area contributed by atoms with Gasteiger partial charge in [-0.3, -0.25) is 4.79 Å². The minimum atomic E-state index is -0.619. The van der Waals surface area contributed by atoms with Crippen LogP contribution in [0.3, 0.4) is 0 Å². The molecule has 0 atom stereocenters. The van der Waals surface area contributed by atoms with Crippen molar-refractivity contribution in [3.05, 3.63) is 53.6 Å². The van der Waals surface area contributed by atoms with Gasteiger partial charge in [0.25, 0.3) is 0 Å². The number of Topliss-reactive ketones (excluding diaryl/α,β-unsaturated/α-hetero) is 1. The Balaban J connectivity index is 2.25. The van der Waals surface area contributed by atoms with E-state index in [1.165, 1.54) is 0 Å². The zero-order valence-electron chi connectivity index (χ0n) is 9.50. The van der Waals surface area contributed by atoms with Crippen molar-refractivity contribution in [1.29, 1.82) is 0 Å². The van der Waals surface area contributed by atoms with E-state index in [1.54, 1.807) is 0 Å². The lowest BCUT2D eigenvalue weighted by Gasteiger charge is -2.05. The standard InChI is InChI=1S/C14H12O4/c15-11(6-9-4-2-1-3-5-9)10-7-12(16)14(18)13(17)8-10/h1-5,7-8,16-18H,6H2. The van der Waals surface area contributed by atoms with E-state index in [9.17, 15) is 20.1 Å². The maximum Gasteiger partial charge on any atom is 0.200 e. The summed E-state index contributed by atoms with van der Waals surface area (Å²) in [5.41, 5.74) is 1.00. The molecule has 0 spiro atoms. The first kappa shape index (κ1) is 12.0. The quantitative estimate of drug-likeness (QED) is 0.571. The predicted molar refractivity (Wildman–Crippen MR) is 65.9 cm³/mol. The van der Waals surface area contributed by atoms with Gasteiger partial charge < -0.3 is 15.3 Å². The van der Waals surface area contributed by atoms with E-state index < -0.39 is 17.2 Å². The third kappa shape index (κ3) is 2.43. The molecule has 3 N–H and O–H groups in total. The van der Waals surface area contributed by atoms with E-state index in [1.807, 2.05) is 30.3 Å². The van der Waals surface area contributed by atoms with Crippen LogP contribution in [-0.4, -0.2) is 21.1 Å². The summed E-state index contributed by atoms with van der Waals surface area (Å²) in [4.78, 5) is 11.9. The molecule has 92 valence electrons. The summed E-state index contributed by atoms with van der Waals surface area (Å²) in [7, 11) is 0. The highest BCUT2D eigenvalue weighted by atomic mass is 16.3. The lowest BCUT2D eigenvalue weighted by molar-refractivity contribution is 0.0992. The van der Waals surface area contributed by atoms with Crippen LogP contribution < -0.4 is 0 Å². The van der Waals surface area contributed by atoms with Crippen LogP contribution in [0.5, 0.6) is 17.2 Å². The molecule has 0 amide bonds. The normalized spacial score (nSPS) is 10.2. The molecule has 2 aromatic rings. The van der Waals surface area contributed by atoms with Crippen molar-refractivity contribution in [3.63, 3.8) is 0 Å². The second kappa shape index (κ2) is 4.79. The van der Waals surface area contributed by atoms with Gasteiger partial charge >= 0.3 is 0 Å². The molecule has 0 unspecified atom stereocenters. The maximum absolute atomic E-state index is 11.9. The first-order valence-corrected chi connectivity index (χ1v) is 5.40. The Kier molecular flexibility index (Phi) is 3.19. The third-order valence-electron chi connectivity index (χ3n) is 2.60. The Bertz CT molecular complexity index is 553. The highest BCUT2D eigenvalue weighted by Gasteiger charge is 2.13.